The van der Waals surface area contributed by atoms with Crippen LogP contribution >= 0.6 is 0 Å². The summed E-state index contributed by atoms with van der Waals surface area (Å²) in [6, 6.07) is 3.35. The van der Waals surface area contributed by atoms with Crippen molar-refractivity contribution in [2.45, 2.75) is 25.2 Å². The van der Waals surface area contributed by atoms with E-state index in [9.17, 15) is 22.8 Å². The first kappa shape index (κ1) is 14.1. The highest BCUT2D eigenvalue weighted by Gasteiger charge is 2.64. The molecule has 0 saturated carbocycles. The number of carbonyl (C=O) groups is 2. The van der Waals surface area contributed by atoms with Gasteiger partial charge in [0, 0.05) is 0 Å². The Balaban J connectivity index is 2.26. The molecule has 3 amide bonds. The van der Waals surface area contributed by atoms with Crippen molar-refractivity contribution in [2.75, 3.05) is 5.73 Å². The summed E-state index contributed by atoms with van der Waals surface area (Å²) in [5.74, 6) is -1.22. The zero-order valence-electron chi connectivity index (χ0n) is 10.4. The van der Waals surface area contributed by atoms with E-state index in [4.69, 9.17) is 5.73 Å². The van der Waals surface area contributed by atoms with Gasteiger partial charge in [-0.25, -0.2) is 9.78 Å². The van der Waals surface area contributed by atoms with E-state index >= 15 is 0 Å². The fourth-order valence-electron chi connectivity index (χ4n) is 1.78. The summed E-state index contributed by atoms with van der Waals surface area (Å²) in [4.78, 5) is 27.7. The third kappa shape index (κ3) is 2.15. The Bertz CT molecular complexity index is 575. The molecular weight excluding hydrogens is 277 g/mol. The number of nitrogens with zero attached hydrogens (tertiary/aromatic N) is 2. The van der Waals surface area contributed by atoms with Gasteiger partial charge in [0.1, 0.15) is 5.82 Å². The number of nitrogens with two attached hydrogens (primary N) is 1. The lowest BCUT2D eigenvalue weighted by molar-refractivity contribution is -0.191. The van der Waals surface area contributed by atoms with Crippen LogP contribution in [0.2, 0.25) is 0 Å². The third-order valence-electron chi connectivity index (χ3n) is 2.99. The molecule has 1 aliphatic heterocycles. The van der Waals surface area contributed by atoms with Crippen molar-refractivity contribution in [1.82, 2.24) is 15.2 Å². The molecule has 1 fully saturated rings. The molecule has 6 nitrogen and oxygen atoms in total. The maximum atomic E-state index is 12.8. The van der Waals surface area contributed by atoms with Gasteiger partial charge in [0.2, 0.25) is 5.54 Å². The molecule has 1 saturated heterocycles. The van der Waals surface area contributed by atoms with E-state index in [0.29, 0.717) is 11.8 Å². The van der Waals surface area contributed by atoms with Gasteiger partial charge in [0.25, 0.3) is 5.91 Å². The van der Waals surface area contributed by atoms with E-state index in [1.165, 1.54) is 18.2 Å². The Kier molecular flexibility index (Phi) is 3.07. The first-order chi connectivity index (χ1) is 9.15. The molecule has 1 aliphatic rings. The average molecular weight is 288 g/mol. The van der Waals surface area contributed by atoms with Gasteiger partial charge in [-0.2, -0.15) is 13.2 Å². The maximum Gasteiger partial charge on any atom is 0.420 e. The van der Waals surface area contributed by atoms with Gasteiger partial charge < -0.3 is 11.1 Å². The number of hydrogen-bond donors (Lipinski definition) is 2. The van der Waals surface area contributed by atoms with Crippen LogP contribution in [0.4, 0.5) is 23.8 Å². The second kappa shape index (κ2) is 4.36. The van der Waals surface area contributed by atoms with Crippen LogP contribution in [0.15, 0.2) is 18.2 Å². The van der Waals surface area contributed by atoms with Crippen molar-refractivity contribution < 1.29 is 22.8 Å². The number of halogens is 3. The third-order valence-corrected chi connectivity index (χ3v) is 2.99. The molecule has 2 rings (SSSR count). The van der Waals surface area contributed by atoms with Gasteiger partial charge in [-0.15, -0.1) is 0 Å². The summed E-state index contributed by atoms with van der Waals surface area (Å²) < 4.78 is 38.5. The monoisotopic (exact) mass is 288 g/mol. The molecular formula is C11H11F3N4O2. The molecule has 1 aromatic heterocycles. The van der Waals surface area contributed by atoms with Gasteiger partial charge in [0.05, 0.1) is 12.2 Å². The Hall–Kier alpha value is -2.32. The Morgan fingerprint density at radius 3 is 2.55 bits per heavy atom. The average Bonchev–Trinajstić information content (AvgIpc) is 2.53. The highest BCUT2D eigenvalue weighted by molar-refractivity contribution is 6.07. The van der Waals surface area contributed by atoms with Crippen molar-refractivity contribution in [2.24, 2.45) is 0 Å². The van der Waals surface area contributed by atoms with Crippen LogP contribution in [0.1, 0.15) is 12.6 Å². The van der Waals surface area contributed by atoms with Crippen LogP contribution < -0.4 is 11.1 Å². The molecule has 1 unspecified atom stereocenters. The summed E-state index contributed by atoms with van der Waals surface area (Å²) in [6.45, 7) is 0.251. The molecule has 0 aromatic carbocycles. The van der Waals surface area contributed by atoms with Crippen LogP contribution in [0.3, 0.4) is 0 Å². The molecule has 1 atom stereocenters. The molecule has 0 bridgehead atoms. The molecule has 0 radical (unpaired) electrons. The maximum absolute atomic E-state index is 12.8. The molecule has 0 spiro atoms. The normalized spacial score (nSPS) is 23.1. The summed E-state index contributed by atoms with van der Waals surface area (Å²) in [6.07, 6.45) is -4.88. The second-order valence-corrected chi connectivity index (χ2v) is 4.50. The Morgan fingerprint density at radius 2 is 2.05 bits per heavy atom. The number of nitrogens with one attached hydrogen (secondary N) is 1. The SMILES string of the molecule is CC1(C(F)(F)F)NC(=O)N(Cc2cccc(N)n2)C1=O. The molecule has 0 aliphatic carbocycles. The number of aromatic nitrogens is 1. The fraction of sp³-hybridized carbons (Fsp3) is 0.364. The number of anilines is 1. The zero-order chi connectivity index (χ0) is 15.1. The summed E-state index contributed by atoms with van der Waals surface area (Å²) >= 11 is 0. The predicted octanol–water partition coefficient (Wildman–Crippen LogP) is 1.04. The number of nitrogen functional groups attached to an aromatic ring is 1. The van der Waals surface area contributed by atoms with Gasteiger partial charge in [-0.1, -0.05) is 6.07 Å². The zero-order valence-corrected chi connectivity index (χ0v) is 10.4. The minimum absolute atomic E-state index is 0.146. The number of imide groups is 1. The number of hydrogen-bond acceptors (Lipinski definition) is 4. The largest absolute Gasteiger partial charge is 0.420 e. The van der Waals surface area contributed by atoms with Gasteiger partial charge in [-0.3, -0.25) is 9.69 Å². The van der Waals surface area contributed by atoms with Crippen molar-refractivity contribution >= 4 is 17.8 Å². The van der Waals surface area contributed by atoms with Gasteiger partial charge >= 0.3 is 12.2 Å². The topological polar surface area (TPSA) is 88.3 Å². The lowest BCUT2D eigenvalue weighted by Crippen LogP contribution is -2.56. The van der Waals surface area contributed by atoms with E-state index in [1.54, 1.807) is 5.32 Å². The van der Waals surface area contributed by atoms with Crippen molar-refractivity contribution in [1.29, 1.82) is 0 Å². The van der Waals surface area contributed by atoms with Crippen LogP contribution in [0.5, 0.6) is 0 Å². The Labute approximate surface area is 111 Å². The Morgan fingerprint density at radius 1 is 1.40 bits per heavy atom. The lowest BCUT2D eigenvalue weighted by atomic mass is 10.0. The minimum Gasteiger partial charge on any atom is -0.384 e. The van der Waals surface area contributed by atoms with E-state index in [2.05, 4.69) is 4.98 Å². The van der Waals surface area contributed by atoms with Crippen LogP contribution in [-0.2, 0) is 11.3 Å². The van der Waals surface area contributed by atoms with E-state index in [0.717, 1.165) is 0 Å². The summed E-state index contributed by atoms with van der Waals surface area (Å²) in [7, 11) is 0. The molecule has 2 heterocycles. The number of rotatable bonds is 2. The lowest BCUT2D eigenvalue weighted by Gasteiger charge is -2.24. The summed E-state index contributed by atoms with van der Waals surface area (Å²) in [5, 5.41) is 1.66. The second-order valence-electron chi connectivity index (χ2n) is 4.50. The minimum atomic E-state index is -4.88. The van der Waals surface area contributed by atoms with E-state index in [1.807, 2.05) is 0 Å². The molecule has 1 aromatic rings. The molecule has 3 N–H and O–H groups in total. The summed E-state index contributed by atoms with van der Waals surface area (Å²) in [5.41, 5.74) is 2.74. The highest BCUT2D eigenvalue weighted by Crippen LogP contribution is 2.35. The quantitative estimate of drug-likeness (QED) is 0.796. The van der Waals surface area contributed by atoms with E-state index < -0.39 is 23.7 Å². The number of alkyl halides is 3. The molecule has 20 heavy (non-hydrogen) atoms. The van der Waals surface area contributed by atoms with Gasteiger partial charge in [-0.05, 0) is 19.1 Å². The van der Waals surface area contributed by atoms with Crippen molar-refractivity contribution in [3.05, 3.63) is 23.9 Å². The van der Waals surface area contributed by atoms with Gasteiger partial charge in [0.15, 0.2) is 0 Å². The van der Waals surface area contributed by atoms with Crippen LogP contribution in [-0.4, -0.2) is 33.5 Å². The number of amides is 3. The van der Waals surface area contributed by atoms with Crippen molar-refractivity contribution in [3.63, 3.8) is 0 Å². The number of pyridine rings is 1. The van der Waals surface area contributed by atoms with Crippen LogP contribution in [0.25, 0.3) is 0 Å². The van der Waals surface area contributed by atoms with Crippen LogP contribution in [0, 0.1) is 0 Å². The van der Waals surface area contributed by atoms with E-state index in [-0.39, 0.29) is 18.1 Å². The molecule has 9 heteroatoms. The number of urea groups is 1. The first-order valence-corrected chi connectivity index (χ1v) is 5.57. The standard InChI is InChI=1S/C11H11F3N4O2/c1-10(11(12,13)14)8(19)18(9(20)17-10)5-6-3-2-4-7(15)16-6/h2-4H,5H2,1H3,(H2,15,16)(H,17,20). The van der Waals surface area contributed by atoms with Crippen molar-refractivity contribution in [3.8, 4) is 0 Å². The fourth-order valence-corrected chi connectivity index (χ4v) is 1.78. The first-order valence-electron chi connectivity index (χ1n) is 5.57. The highest BCUT2D eigenvalue weighted by atomic mass is 19.4. The smallest absolute Gasteiger partial charge is 0.384 e. The molecule has 108 valence electrons. The number of carbonyl (C=O) groups excluding carboxylic acids is 2. The predicted molar refractivity (Wildman–Crippen MR) is 62.2 cm³/mol.